The summed E-state index contributed by atoms with van der Waals surface area (Å²) < 4.78 is 0. The standard InChI is InChI=1S/C24H40N2O2/c1-17(2)22-14-20(15-23(27)26-11-7-8-12-26)18(3)13-21(22)16-25-24(28)19-9-5-4-6-10-19/h13,17,19-22H,4-12,14-16H2,1-3H3,(H,25,28). The molecule has 1 aliphatic heterocycles. The van der Waals surface area contributed by atoms with Gasteiger partial charge in [-0.2, -0.15) is 0 Å². The van der Waals surface area contributed by atoms with Crippen LogP contribution in [0.25, 0.3) is 0 Å². The van der Waals surface area contributed by atoms with Crippen LogP contribution >= 0.6 is 0 Å². The highest BCUT2D eigenvalue weighted by Crippen LogP contribution is 2.39. The van der Waals surface area contributed by atoms with Crippen molar-refractivity contribution in [3.63, 3.8) is 0 Å². The van der Waals surface area contributed by atoms with Crippen LogP contribution in [0.5, 0.6) is 0 Å². The summed E-state index contributed by atoms with van der Waals surface area (Å²) in [6.07, 6.45) is 12.2. The molecule has 1 saturated heterocycles. The number of rotatable bonds is 6. The zero-order valence-electron chi connectivity index (χ0n) is 18.2. The molecule has 2 aliphatic carbocycles. The molecule has 28 heavy (non-hydrogen) atoms. The van der Waals surface area contributed by atoms with E-state index in [1.807, 2.05) is 4.90 Å². The first-order chi connectivity index (χ1) is 13.5. The summed E-state index contributed by atoms with van der Waals surface area (Å²) in [5.74, 6) is 2.68. The molecule has 4 nitrogen and oxygen atoms in total. The lowest BCUT2D eigenvalue weighted by molar-refractivity contribution is -0.131. The average Bonchev–Trinajstić information content (AvgIpc) is 3.23. The van der Waals surface area contributed by atoms with Crippen molar-refractivity contribution < 1.29 is 9.59 Å². The Balaban J connectivity index is 1.58. The number of carbonyl (C=O) groups is 2. The molecule has 3 unspecified atom stereocenters. The van der Waals surface area contributed by atoms with Crippen LogP contribution in [0.1, 0.15) is 78.6 Å². The molecule has 1 N–H and O–H groups in total. The van der Waals surface area contributed by atoms with E-state index in [1.54, 1.807) is 0 Å². The maximum absolute atomic E-state index is 12.6. The minimum Gasteiger partial charge on any atom is -0.355 e. The minimum atomic E-state index is 0.228. The third-order valence-electron chi connectivity index (χ3n) is 7.45. The van der Waals surface area contributed by atoms with Gasteiger partial charge in [0.25, 0.3) is 0 Å². The predicted octanol–water partition coefficient (Wildman–Crippen LogP) is 4.55. The van der Waals surface area contributed by atoms with Crippen molar-refractivity contribution in [2.75, 3.05) is 19.6 Å². The predicted molar refractivity (Wildman–Crippen MR) is 114 cm³/mol. The summed E-state index contributed by atoms with van der Waals surface area (Å²) in [5.41, 5.74) is 1.35. The molecule has 1 heterocycles. The van der Waals surface area contributed by atoms with E-state index in [-0.39, 0.29) is 11.8 Å². The molecule has 4 heteroatoms. The van der Waals surface area contributed by atoms with Gasteiger partial charge in [0.2, 0.25) is 11.8 Å². The number of hydrogen-bond donors (Lipinski definition) is 1. The van der Waals surface area contributed by atoms with Gasteiger partial charge in [-0.15, -0.1) is 0 Å². The topological polar surface area (TPSA) is 49.4 Å². The van der Waals surface area contributed by atoms with E-state index < -0.39 is 0 Å². The lowest BCUT2D eigenvalue weighted by Gasteiger charge is -2.37. The Labute approximate surface area is 171 Å². The number of nitrogens with zero attached hydrogens (tertiary/aromatic N) is 1. The van der Waals surface area contributed by atoms with Crippen LogP contribution in [0.4, 0.5) is 0 Å². The first-order valence-corrected chi connectivity index (χ1v) is 11.7. The van der Waals surface area contributed by atoms with Crippen LogP contribution in [0.3, 0.4) is 0 Å². The number of carbonyl (C=O) groups excluding carboxylic acids is 2. The van der Waals surface area contributed by atoms with Crippen LogP contribution in [0.2, 0.25) is 0 Å². The second-order valence-electron chi connectivity index (χ2n) is 9.79. The Bertz CT molecular complexity index is 571. The van der Waals surface area contributed by atoms with Crippen molar-refractivity contribution in [3.05, 3.63) is 11.6 Å². The van der Waals surface area contributed by atoms with Gasteiger partial charge in [-0.3, -0.25) is 9.59 Å². The molecule has 3 aliphatic rings. The lowest BCUT2D eigenvalue weighted by atomic mass is 9.69. The maximum atomic E-state index is 12.6. The first-order valence-electron chi connectivity index (χ1n) is 11.7. The molecule has 2 fully saturated rings. The second-order valence-corrected chi connectivity index (χ2v) is 9.79. The van der Waals surface area contributed by atoms with E-state index in [4.69, 9.17) is 0 Å². The average molecular weight is 389 g/mol. The molecular formula is C24H40N2O2. The van der Waals surface area contributed by atoms with Gasteiger partial charge in [0, 0.05) is 32.0 Å². The van der Waals surface area contributed by atoms with Crippen molar-refractivity contribution in [2.45, 2.75) is 78.6 Å². The van der Waals surface area contributed by atoms with Crippen molar-refractivity contribution in [1.29, 1.82) is 0 Å². The highest BCUT2D eigenvalue weighted by Gasteiger charge is 2.34. The SMILES string of the molecule is CC1=CC(CNC(=O)C2CCCCC2)C(C(C)C)CC1CC(=O)N1CCCC1. The largest absolute Gasteiger partial charge is 0.355 e. The van der Waals surface area contributed by atoms with Gasteiger partial charge in [-0.05, 0) is 62.7 Å². The van der Waals surface area contributed by atoms with Gasteiger partial charge in [0.15, 0.2) is 0 Å². The Morgan fingerprint density at radius 3 is 2.43 bits per heavy atom. The maximum Gasteiger partial charge on any atom is 0.223 e. The molecule has 3 rings (SSSR count). The minimum absolute atomic E-state index is 0.228. The Morgan fingerprint density at radius 1 is 1.11 bits per heavy atom. The Kier molecular flexibility index (Phi) is 7.59. The number of hydrogen-bond acceptors (Lipinski definition) is 2. The van der Waals surface area contributed by atoms with E-state index in [0.29, 0.717) is 36.0 Å². The fourth-order valence-electron chi connectivity index (χ4n) is 5.54. The van der Waals surface area contributed by atoms with Crippen molar-refractivity contribution in [3.8, 4) is 0 Å². The molecule has 0 aromatic heterocycles. The van der Waals surface area contributed by atoms with Crippen LogP contribution in [-0.4, -0.2) is 36.3 Å². The van der Waals surface area contributed by atoms with E-state index in [1.165, 1.54) is 24.8 Å². The van der Waals surface area contributed by atoms with Gasteiger partial charge >= 0.3 is 0 Å². The molecule has 0 aromatic rings. The summed E-state index contributed by atoms with van der Waals surface area (Å²) in [4.78, 5) is 27.3. The summed E-state index contributed by atoms with van der Waals surface area (Å²) in [6.45, 7) is 9.40. The van der Waals surface area contributed by atoms with Gasteiger partial charge in [0.1, 0.15) is 0 Å². The zero-order valence-corrected chi connectivity index (χ0v) is 18.2. The van der Waals surface area contributed by atoms with E-state index in [0.717, 1.165) is 51.7 Å². The monoisotopic (exact) mass is 388 g/mol. The number of amides is 2. The lowest BCUT2D eigenvalue weighted by Crippen LogP contribution is -2.40. The van der Waals surface area contributed by atoms with E-state index in [9.17, 15) is 9.59 Å². The quantitative estimate of drug-likeness (QED) is 0.679. The normalized spacial score (nSPS) is 29.1. The second kappa shape index (κ2) is 9.93. The number of likely N-dealkylation sites (tertiary alicyclic amines) is 1. The molecule has 3 atom stereocenters. The van der Waals surface area contributed by atoms with Gasteiger partial charge < -0.3 is 10.2 Å². The van der Waals surface area contributed by atoms with Crippen LogP contribution in [-0.2, 0) is 9.59 Å². The van der Waals surface area contributed by atoms with E-state index >= 15 is 0 Å². The Morgan fingerprint density at radius 2 is 1.79 bits per heavy atom. The highest BCUT2D eigenvalue weighted by molar-refractivity contribution is 5.78. The smallest absolute Gasteiger partial charge is 0.223 e. The number of nitrogens with one attached hydrogen (secondary N) is 1. The molecule has 0 bridgehead atoms. The third-order valence-corrected chi connectivity index (χ3v) is 7.45. The van der Waals surface area contributed by atoms with Gasteiger partial charge in [0.05, 0.1) is 0 Å². The Hall–Kier alpha value is -1.32. The highest BCUT2D eigenvalue weighted by atomic mass is 16.2. The van der Waals surface area contributed by atoms with Crippen molar-refractivity contribution in [1.82, 2.24) is 10.2 Å². The molecule has 0 aromatic carbocycles. The summed E-state index contributed by atoms with van der Waals surface area (Å²) in [5, 5.41) is 3.27. The zero-order chi connectivity index (χ0) is 20.1. The molecule has 2 amide bonds. The van der Waals surface area contributed by atoms with Crippen LogP contribution in [0, 0.1) is 29.6 Å². The first kappa shape index (κ1) is 21.4. The number of allylic oxidation sites excluding steroid dienone is 1. The summed E-state index contributed by atoms with van der Waals surface area (Å²) in [6, 6.07) is 0. The molecule has 0 spiro atoms. The molecule has 0 radical (unpaired) electrons. The summed E-state index contributed by atoms with van der Waals surface area (Å²) >= 11 is 0. The molecule has 1 saturated carbocycles. The van der Waals surface area contributed by atoms with Crippen LogP contribution in [0.15, 0.2) is 11.6 Å². The molecule has 158 valence electrons. The fourth-order valence-corrected chi connectivity index (χ4v) is 5.54. The van der Waals surface area contributed by atoms with Gasteiger partial charge in [-0.25, -0.2) is 0 Å². The summed E-state index contributed by atoms with van der Waals surface area (Å²) in [7, 11) is 0. The van der Waals surface area contributed by atoms with Crippen LogP contribution < -0.4 is 5.32 Å². The molecular weight excluding hydrogens is 348 g/mol. The van der Waals surface area contributed by atoms with Crippen molar-refractivity contribution in [2.24, 2.45) is 29.6 Å². The van der Waals surface area contributed by atoms with E-state index in [2.05, 4.69) is 32.2 Å². The van der Waals surface area contributed by atoms with Crippen molar-refractivity contribution >= 4 is 11.8 Å². The van der Waals surface area contributed by atoms with Gasteiger partial charge in [-0.1, -0.05) is 44.8 Å². The fraction of sp³-hybridized carbons (Fsp3) is 0.833. The third kappa shape index (κ3) is 5.39.